The molecule has 0 saturated carbocycles. The van der Waals surface area contributed by atoms with Crippen molar-refractivity contribution in [3.8, 4) is 44.8 Å². The summed E-state index contributed by atoms with van der Waals surface area (Å²) in [5.41, 5.74) is 9.53. The van der Waals surface area contributed by atoms with Gasteiger partial charge >= 0.3 is 0 Å². The van der Waals surface area contributed by atoms with Crippen LogP contribution in [0, 0.1) is 12.1 Å². The summed E-state index contributed by atoms with van der Waals surface area (Å²) >= 11 is 0. The molecule has 3 heteroatoms. The molecule has 2 nitrogen and oxygen atoms in total. The summed E-state index contributed by atoms with van der Waals surface area (Å²) in [6.07, 6.45) is 3.59. The van der Waals surface area contributed by atoms with Gasteiger partial charge in [-0.05, 0) is 57.1 Å². The number of aromatic nitrogens is 2. The second kappa shape index (κ2) is 15.1. The summed E-state index contributed by atoms with van der Waals surface area (Å²) < 4.78 is 8.49. The van der Waals surface area contributed by atoms with E-state index in [4.69, 9.17) is 1.37 Å². The van der Waals surface area contributed by atoms with Gasteiger partial charge in [0.15, 0.2) is 0 Å². The van der Waals surface area contributed by atoms with Crippen molar-refractivity contribution in [1.82, 2.24) is 9.97 Å². The van der Waals surface area contributed by atoms with Gasteiger partial charge in [0.25, 0.3) is 0 Å². The van der Waals surface area contributed by atoms with E-state index in [0.717, 1.165) is 28.1 Å². The van der Waals surface area contributed by atoms with Crippen molar-refractivity contribution in [1.29, 1.82) is 0 Å². The maximum Gasteiger partial charge on any atom is 0.0346 e. The van der Waals surface area contributed by atoms with Crippen LogP contribution in [-0.2, 0) is 20.1 Å². The van der Waals surface area contributed by atoms with E-state index < -0.39 is 5.89 Å². The number of hydrogen-bond donors (Lipinski definition) is 0. The minimum absolute atomic E-state index is 0. The zero-order chi connectivity index (χ0) is 32.9. The molecule has 0 N–H and O–H groups in total. The van der Waals surface area contributed by atoms with E-state index in [1.165, 1.54) is 43.8 Å². The summed E-state index contributed by atoms with van der Waals surface area (Å²) in [6.45, 7) is 3.81. The van der Waals surface area contributed by atoms with Gasteiger partial charge in [-0.25, -0.2) is 0 Å². The number of benzene rings is 6. The first-order chi connectivity index (χ1) is 23.5. The minimum Gasteiger partial charge on any atom is -0.305 e. The van der Waals surface area contributed by atoms with Gasteiger partial charge in [0.2, 0.25) is 0 Å². The van der Waals surface area contributed by atoms with E-state index in [-0.39, 0.29) is 20.1 Å². The maximum atomic E-state index is 8.49. The van der Waals surface area contributed by atoms with Crippen LogP contribution in [0.2, 0.25) is 0 Å². The molecule has 0 atom stereocenters. The van der Waals surface area contributed by atoms with Crippen molar-refractivity contribution in [2.45, 2.75) is 19.7 Å². The predicted octanol–water partition coefficient (Wildman–Crippen LogP) is 11.9. The van der Waals surface area contributed by atoms with Crippen molar-refractivity contribution in [3.05, 3.63) is 182 Å². The summed E-state index contributed by atoms with van der Waals surface area (Å²) in [6, 6.07) is 58.5. The molecule has 0 fully saturated rings. The molecule has 48 heavy (non-hydrogen) atoms. The van der Waals surface area contributed by atoms with Crippen molar-refractivity contribution < 1.29 is 21.5 Å². The van der Waals surface area contributed by atoms with Gasteiger partial charge in [-0.3, -0.25) is 0 Å². The molecular formula is C45H34IrN2-2. The molecule has 8 aromatic rings. The first-order valence-corrected chi connectivity index (χ1v) is 15.8. The Hall–Kier alpha value is -5.21. The Kier molecular flexibility index (Phi) is 9.89. The van der Waals surface area contributed by atoms with Gasteiger partial charge in [-0.15, -0.1) is 59.7 Å². The molecule has 1 radical (unpaired) electrons. The predicted molar refractivity (Wildman–Crippen MR) is 197 cm³/mol. The molecule has 2 heterocycles. The SMILES string of the molecule is [2H]C(C)(C)c1ccnc(-c2[c-]cc3c(c2)c(-c2ccccc2)c(-c2ccccc2)c2ccccc23)c1.[Ir].[c-]1ccccc1-c1ccccn1. The average Bonchev–Trinajstić information content (AvgIpc) is 3.15. The van der Waals surface area contributed by atoms with Crippen LogP contribution in [0.1, 0.15) is 26.7 Å². The smallest absolute Gasteiger partial charge is 0.0346 e. The third-order valence-corrected chi connectivity index (χ3v) is 8.34. The Labute approximate surface area is 298 Å². The van der Waals surface area contributed by atoms with Crippen LogP contribution in [0.15, 0.2) is 164 Å². The van der Waals surface area contributed by atoms with Crippen LogP contribution < -0.4 is 0 Å². The van der Waals surface area contributed by atoms with Crippen LogP contribution in [0.4, 0.5) is 0 Å². The van der Waals surface area contributed by atoms with Crippen LogP contribution >= 0.6 is 0 Å². The van der Waals surface area contributed by atoms with Crippen molar-refractivity contribution in [2.75, 3.05) is 0 Å². The number of fused-ring (bicyclic) bond motifs is 3. The van der Waals surface area contributed by atoms with Gasteiger partial charge < -0.3 is 9.97 Å². The first kappa shape index (κ1) is 31.4. The largest absolute Gasteiger partial charge is 0.305 e. The topological polar surface area (TPSA) is 25.8 Å². The fourth-order valence-corrected chi connectivity index (χ4v) is 6.05. The Morgan fingerprint density at radius 1 is 0.521 bits per heavy atom. The first-order valence-electron chi connectivity index (χ1n) is 16.3. The molecule has 0 aliphatic rings. The molecule has 0 aliphatic carbocycles. The Morgan fingerprint density at radius 2 is 1.15 bits per heavy atom. The van der Waals surface area contributed by atoms with E-state index >= 15 is 0 Å². The van der Waals surface area contributed by atoms with E-state index in [0.29, 0.717) is 0 Å². The summed E-state index contributed by atoms with van der Waals surface area (Å²) in [5.74, 6) is -0.694. The zero-order valence-electron chi connectivity index (χ0n) is 27.8. The van der Waals surface area contributed by atoms with Crippen molar-refractivity contribution >= 4 is 21.5 Å². The van der Waals surface area contributed by atoms with Gasteiger partial charge in [-0.1, -0.05) is 139 Å². The number of pyridine rings is 2. The third kappa shape index (κ3) is 6.89. The molecule has 0 spiro atoms. The molecule has 0 amide bonds. The Bertz CT molecular complexity index is 2260. The van der Waals surface area contributed by atoms with Gasteiger partial charge in [0, 0.05) is 33.9 Å². The molecular weight excluding hydrogens is 761 g/mol. The van der Waals surface area contributed by atoms with Crippen molar-refractivity contribution in [3.63, 3.8) is 0 Å². The van der Waals surface area contributed by atoms with E-state index in [9.17, 15) is 0 Å². The Morgan fingerprint density at radius 3 is 1.79 bits per heavy atom. The van der Waals surface area contributed by atoms with Crippen molar-refractivity contribution in [2.24, 2.45) is 0 Å². The maximum absolute atomic E-state index is 8.49. The molecule has 2 aromatic heterocycles. The van der Waals surface area contributed by atoms with Crippen LogP contribution in [0.3, 0.4) is 0 Å². The van der Waals surface area contributed by atoms with Crippen LogP contribution in [0.5, 0.6) is 0 Å². The van der Waals surface area contributed by atoms with E-state index in [2.05, 4.69) is 119 Å². The van der Waals surface area contributed by atoms with Gasteiger partial charge in [0.05, 0.1) is 0 Å². The summed E-state index contributed by atoms with van der Waals surface area (Å²) in [5, 5.41) is 4.78. The quantitative estimate of drug-likeness (QED) is 0.128. The molecule has 8 rings (SSSR count). The summed E-state index contributed by atoms with van der Waals surface area (Å²) in [7, 11) is 0. The van der Waals surface area contributed by atoms with Crippen LogP contribution in [0.25, 0.3) is 66.3 Å². The summed E-state index contributed by atoms with van der Waals surface area (Å²) in [4.78, 5) is 8.88. The fraction of sp³-hybridized carbons (Fsp3) is 0.0667. The number of rotatable bonds is 5. The van der Waals surface area contributed by atoms with Gasteiger partial charge in [0.1, 0.15) is 0 Å². The molecule has 6 aromatic carbocycles. The molecule has 0 aliphatic heterocycles. The van der Waals surface area contributed by atoms with Gasteiger partial charge in [-0.2, -0.15) is 0 Å². The second-order valence-corrected chi connectivity index (χ2v) is 11.6. The van der Waals surface area contributed by atoms with E-state index in [1.807, 2.05) is 68.4 Å². The molecule has 0 unspecified atom stereocenters. The second-order valence-electron chi connectivity index (χ2n) is 11.6. The molecule has 0 bridgehead atoms. The van der Waals surface area contributed by atoms with E-state index in [1.54, 1.807) is 12.4 Å². The number of hydrogen-bond acceptors (Lipinski definition) is 2. The molecule has 235 valence electrons. The number of nitrogens with zero attached hydrogens (tertiary/aromatic N) is 2. The minimum atomic E-state index is -0.694. The fourth-order valence-electron chi connectivity index (χ4n) is 6.05. The van der Waals surface area contributed by atoms with Crippen LogP contribution in [-0.4, -0.2) is 9.97 Å². The zero-order valence-corrected chi connectivity index (χ0v) is 29.2. The Balaban J connectivity index is 0.000000270. The third-order valence-electron chi connectivity index (χ3n) is 8.34. The average molecular weight is 796 g/mol. The standard InChI is InChI=1S/C34H26N.C11H8N.Ir/c1-23(2)26-19-20-35-32(22-26)27-17-18-29-28-15-9-10-16-30(28)33(24-11-5-3-6-12-24)34(31(29)21-27)25-13-7-4-8-14-25;1-2-6-10(7-3-1)11-8-4-5-9-12-11;/h3-16,18-23H,1-2H3;1-6,8-9H;/q2*-1;/i23D;;. The molecule has 0 saturated heterocycles. The normalized spacial score (nSPS) is 11.2. The monoisotopic (exact) mass is 796 g/mol.